The smallest absolute Gasteiger partial charge is 0.000661 e. The molecule has 84 valence electrons. The Balaban J connectivity index is 2.03. The Morgan fingerprint density at radius 2 is 1.86 bits per heavy atom. The van der Waals surface area contributed by atoms with Crippen LogP contribution in [0.4, 0.5) is 0 Å². The highest BCUT2D eigenvalue weighted by Crippen LogP contribution is 2.24. The number of unbranched alkanes of at least 4 members (excludes halogenated alkanes) is 1. The molecule has 0 amide bonds. The van der Waals surface area contributed by atoms with E-state index in [1.807, 2.05) is 0 Å². The van der Waals surface area contributed by atoms with Crippen LogP contribution in [0.25, 0.3) is 0 Å². The third-order valence-electron chi connectivity index (χ3n) is 3.24. The summed E-state index contributed by atoms with van der Waals surface area (Å²) in [4.78, 5) is 2.51. The van der Waals surface area contributed by atoms with Crippen LogP contribution in [-0.4, -0.2) is 30.8 Å². The number of hydrogen-bond donors (Lipinski definition) is 1. The van der Waals surface area contributed by atoms with Gasteiger partial charge in [-0.05, 0) is 50.9 Å². The first-order chi connectivity index (χ1) is 6.83. The van der Waals surface area contributed by atoms with Crippen LogP contribution in [0, 0.1) is 5.92 Å². The van der Waals surface area contributed by atoms with Gasteiger partial charge in [-0.25, -0.2) is 0 Å². The molecule has 0 aromatic rings. The summed E-state index contributed by atoms with van der Waals surface area (Å²) in [7, 11) is 2.27. The molecule has 0 saturated heterocycles. The van der Waals surface area contributed by atoms with Crippen molar-refractivity contribution in [1.29, 1.82) is 0 Å². The van der Waals surface area contributed by atoms with Gasteiger partial charge >= 0.3 is 0 Å². The van der Waals surface area contributed by atoms with E-state index in [0.717, 1.165) is 11.7 Å². The van der Waals surface area contributed by atoms with Crippen LogP contribution in [0.3, 0.4) is 0 Å². The topological polar surface area (TPSA) is 3.24 Å². The monoisotopic (exact) mass is 215 g/mol. The maximum Gasteiger partial charge on any atom is 0.000661 e. The van der Waals surface area contributed by atoms with Crippen LogP contribution < -0.4 is 0 Å². The van der Waals surface area contributed by atoms with Gasteiger partial charge in [0.1, 0.15) is 0 Å². The third kappa shape index (κ3) is 5.26. The predicted molar refractivity (Wildman–Crippen MR) is 67.2 cm³/mol. The van der Waals surface area contributed by atoms with Crippen molar-refractivity contribution >= 4 is 12.6 Å². The molecule has 1 aliphatic carbocycles. The Hall–Kier alpha value is 0.310. The lowest BCUT2D eigenvalue weighted by molar-refractivity contribution is 0.231. The molecule has 0 radical (unpaired) electrons. The van der Waals surface area contributed by atoms with Gasteiger partial charge in [0.2, 0.25) is 0 Å². The Bertz CT molecular complexity index is 132. The fourth-order valence-electron chi connectivity index (χ4n) is 2.40. The average molecular weight is 215 g/mol. The Morgan fingerprint density at radius 1 is 1.14 bits per heavy atom. The highest BCUT2D eigenvalue weighted by atomic mass is 32.1. The van der Waals surface area contributed by atoms with Gasteiger partial charge in [0.05, 0.1) is 0 Å². The van der Waals surface area contributed by atoms with Gasteiger partial charge in [-0.3, -0.25) is 0 Å². The summed E-state index contributed by atoms with van der Waals surface area (Å²) in [5, 5.41) is 0. The van der Waals surface area contributed by atoms with Gasteiger partial charge in [0.15, 0.2) is 0 Å². The first-order valence-corrected chi connectivity index (χ1v) is 6.75. The van der Waals surface area contributed by atoms with E-state index in [1.165, 1.54) is 58.0 Å². The summed E-state index contributed by atoms with van der Waals surface area (Å²) in [5.41, 5.74) is 0. The second kappa shape index (κ2) is 7.58. The van der Waals surface area contributed by atoms with Gasteiger partial charge < -0.3 is 4.90 Å². The lowest BCUT2D eigenvalue weighted by Gasteiger charge is -2.26. The molecule has 0 spiro atoms. The maximum atomic E-state index is 4.24. The Kier molecular flexibility index (Phi) is 6.70. The van der Waals surface area contributed by atoms with Gasteiger partial charge in [0.25, 0.3) is 0 Å². The number of nitrogens with zero attached hydrogens (tertiary/aromatic N) is 1. The van der Waals surface area contributed by atoms with E-state index < -0.39 is 0 Å². The van der Waals surface area contributed by atoms with E-state index in [-0.39, 0.29) is 0 Å². The molecule has 0 N–H and O–H groups in total. The second-order valence-electron chi connectivity index (χ2n) is 4.70. The first kappa shape index (κ1) is 12.4. The van der Waals surface area contributed by atoms with Crippen molar-refractivity contribution in [3.8, 4) is 0 Å². The van der Waals surface area contributed by atoms with E-state index >= 15 is 0 Å². The van der Waals surface area contributed by atoms with Crippen LogP contribution in [0.15, 0.2) is 0 Å². The lowest BCUT2D eigenvalue weighted by atomic mass is 9.89. The van der Waals surface area contributed by atoms with E-state index in [9.17, 15) is 0 Å². The standard InChI is InChI=1S/C12H25NS/c1-13(9-5-6-10-14)11-12-7-3-2-4-8-12/h12,14H,2-11H2,1H3. The fourth-order valence-corrected chi connectivity index (χ4v) is 2.62. The summed E-state index contributed by atoms with van der Waals surface area (Å²) in [6, 6.07) is 0. The highest BCUT2D eigenvalue weighted by molar-refractivity contribution is 7.80. The number of thiol groups is 1. The van der Waals surface area contributed by atoms with Gasteiger partial charge in [-0.1, -0.05) is 19.3 Å². The number of hydrogen-bond acceptors (Lipinski definition) is 2. The zero-order valence-electron chi connectivity index (χ0n) is 9.54. The molecule has 1 fully saturated rings. The molecule has 1 rings (SSSR count). The van der Waals surface area contributed by atoms with Crippen LogP contribution >= 0.6 is 12.6 Å². The first-order valence-electron chi connectivity index (χ1n) is 6.12. The second-order valence-corrected chi connectivity index (χ2v) is 5.14. The summed E-state index contributed by atoms with van der Waals surface area (Å²) >= 11 is 4.24. The summed E-state index contributed by atoms with van der Waals surface area (Å²) in [6.07, 6.45) is 9.92. The molecule has 0 aromatic carbocycles. The summed E-state index contributed by atoms with van der Waals surface area (Å²) in [5.74, 6) is 2.03. The van der Waals surface area contributed by atoms with Crippen LogP contribution in [0.1, 0.15) is 44.9 Å². The van der Waals surface area contributed by atoms with Gasteiger partial charge in [-0.15, -0.1) is 0 Å². The summed E-state index contributed by atoms with van der Waals surface area (Å²) in [6.45, 7) is 2.59. The molecule has 2 heteroatoms. The minimum absolute atomic E-state index is 0.991. The highest BCUT2D eigenvalue weighted by Gasteiger charge is 2.14. The van der Waals surface area contributed by atoms with Crippen molar-refractivity contribution in [2.45, 2.75) is 44.9 Å². The lowest BCUT2D eigenvalue weighted by Crippen LogP contribution is -2.27. The maximum absolute atomic E-state index is 4.24. The molecular formula is C12H25NS. The molecule has 0 unspecified atom stereocenters. The van der Waals surface area contributed by atoms with E-state index in [2.05, 4.69) is 24.6 Å². The van der Waals surface area contributed by atoms with Crippen LogP contribution in [0.5, 0.6) is 0 Å². The largest absolute Gasteiger partial charge is 0.306 e. The molecule has 14 heavy (non-hydrogen) atoms. The normalized spacial score (nSPS) is 19.1. The molecule has 1 nitrogen and oxygen atoms in total. The molecular weight excluding hydrogens is 190 g/mol. The van der Waals surface area contributed by atoms with Crippen molar-refractivity contribution in [3.63, 3.8) is 0 Å². The van der Waals surface area contributed by atoms with E-state index in [1.54, 1.807) is 0 Å². The summed E-state index contributed by atoms with van der Waals surface area (Å²) < 4.78 is 0. The quantitative estimate of drug-likeness (QED) is 0.526. The SMILES string of the molecule is CN(CCCCS)CC1CCCCC1. The van der Waals surface area contributed by atoms with Crippen molar-refractivity contribution in [2.75, 3.05) is 25.9 Å². The van der Waals surface area contributed by atoms with Gasteiger partial charge in [0, 0.05) is 6.54 Å². The molecule has 0 bridgehead atoms. The minimum Gasteiger partial charge on any atom is -0.306 e. The Labute approximate surface area is 94.7 Å². The van der Waals surface area contributed by atoms with Crippen molar-refractivity contribution < 1.29 is 0 Å². The molecule has 1 aliphatic rings. The van der Waals surface area contributed by atoms with Crippen LogP contribution in [0.2, 0.25) is 0 Å². The Morgan fingerprint density at radius 3 is 2.50 bits per heavy atom. The molecule has 0 heterocycles. The molecule has 1 saturated carbocycles. The van der Waals surface area contributed by atoms with Gasteiger partial charge in [-0.2, -0.15) is 12.6 Å². The molecule has 0 atom stereocenters. The molecule has 0 aliphatic heterocycles. The van der Waals surface area contributed by atoms with Crippen molar-refractivity contribution in [1.82, 2.24) is 4.90 Å². The zero-order valence-corrected chi connectivity index (χ0v) is 10.4. The fraction of sp³-hybridized carbons (Fsp3) is 1.00. The predicted octanol–water partition coefficient (Wildman–Crippen LogP) is 3.21. The zero-order chi connectivity index (χ0) is 10.2. The van der Waals surface area contributed by atoms with E-state index in [0.29, 0.717) is 0 Å². The van der Waals surface area contributed by atoms with Crippen molar-refractivity contribution in [2.24, 2.45) is 5.92 Å². The molecule has 0 aromatic heterocycles. The van der Waals surface area contributed by atoms with Crippen molar-refractivity contribution in [3.05, 3.63) is 0 Å². The van der Waals surface area contributed by atoms with Crippen LogP contribution in [-0.2, 0) is 0 Å². The minimum atomic E-state index is 0.991. The number of rotatable bonds is 6. The van der Waals surface area contributed by atoms with E-state index in [4.69, 9.17) is 0 Å². The average Bonchev–Trinajstić information content (AvgIpc) is 2.20. The third-order valence-corrected chi connectivity index (χ3v) is 3.56.